The molecule has 4 heteroatoms. The number of aromatic nitrogens is 1. The van der Waals surface area contributed by atoms with Crippen LogP contribution in [0.1, 0.15) is 29.1 Å². The lowest BCUT2D eigenvalue weighted by atomic mass is 10.1. The minimum atomic E-state index is 0.626. The van der Waals surface area contributed by atoms with Gasteiger partial charge in [0.25, 0.3) is 0 Å². The molecule has 1 aliphatic rings. The van der Waals surface area contributed by atoms with Crippen molar-refractivity contribution in [3.63, 3.8) is 0 Å². The summed E-state index contributed by atoms with van der Waals surface area (Å²) in [5.74, 6) is 0. The van der Waals surface area contributed by atoms with Gasteiger partial charge in [-0.15, -0.1) is 11.3 Å². The second-order valence-corrected chi connectivity index (χ2v) is 5.28. The summed E-state index contributed by atoms with van der Waals surface area (Å²) in [4.78, 5) is 8.13. The van der Waals surface area contributed by atoms with Crippen molar-refractivity contribution in [2.45, 2.75) is 32.2 Å². The Labute approximate surface area is 95.3 Å². The van der Waals surface area contributed by atoms with E-state index in [1.54, 1.807) is 11.3 Å². The lowest BCUT2D eigenvalue weighted by Crippen LogP contribution is -2.31. The summed E-state index contributed by atoms with van der Waals surface area (Å²) in [7, 11) is 0. The molecule has 0 saturated carbocycles. The second-order valence-electron chi connectivity index (χ2n) is 4.08. The zero-order valence-corrected chi connectivity index (χ0v) is 9.93. The number of nitrogens with two attached hydrogens (primary N) is 1. The molecular weight excluding hydrogens is 206 g/mol. The van der Waals surface area contributed by atoms with Gasteiger partial charge >= 0.3 is 0 Å². The fourth-order valence-corrected chi connectivity index (χ4v) is 2.78. The summed E-state index contributed by atoms with van der Waals surface area (Å²) in [5.41, 5.74) is 5.56. The smallest absolute Gasteiger partial charge is 0.0940 e. The van der Waals surface area contributed by atoms with Crippen molar-refractivity contribution < 1.29 is 0 Å². The van der Waals surface area contributed by atoms with Gasteiger partial charge in [0.1, 0.15) is 0 Å². The predicted molar refractivity (Wildman–Crippen MR) is 64.0 cm³/mol. The Morgan fingerprint density at radius 3 is 2.80 bits per heavy atom. The van der Waals surface area contributed by atoms with Crippen LogP contribution in [0.25, 0.3) is 0 Å². The molecule has 1 fully saturated rings. The molecule has 0 spiro atoms. The van der Waals surface area contributed by atoms with Crippen molar-refractivity contribution in [3.05, 3.63) is 16.1 Å². The molecule has 0 aliphatic carbocycles. The summed E-state index contributed by atoms with van der Waals surface area (Å²) in [6, 6.07) is 0. The average Bonchev–Trinajstić information content (AvgIpc) is 2.76. The molecule has 2 heterocycles. The van der Waals surface area contributed by atoms with Gasteiger partial charge in [-0.2, -0.15) is 0 Å². The highest BCUT2D eigenvalue weighted by molar-refractivity contribution is 7.11. The lowest BCUT2D eigenvalue weighted by Gasteiger charge is -2.25. The van der Waals surface area contributed by atoms with Crippen LogP contribution in [0, 0.1) is 0 Å². The van der Waals surface area contributed by atoms with E-state index in [-0.39, 0.29) is 0 Å². The minimum Gasteiger partial charge on any atom is -0.326 e. The SMILES string of the molecule is NCc1cnc(CCN2CCCCC2)s1. The van der Waals surface area contributed by atoms with Crippen molar-refractivity contribution in [1.29, 1.82) is 0 Å². The third kappa shape index (κ3) is 3.26. The highest BCUT2D eigenvalue weighted by Crippen LogP contribution is 2.14. The third-order valence-corrected chi connectivity index (χ3v) is 3.97. The van der Waals surface area contributed by atoms with E-state index in [4.69, 9.17) is 5.73 Å². The molecule has 3 nitrogen and oxygen atoms in total. The van der Waals surface area contributed by atoms with Gasteiger partial charge < -0.3 is 10.6 Å². The number of hydrogen-bond donors (Lipinski definition) is 1. The molecule has 0 unspecified atom stereocenters. The van der Waals surface area contributed by atoms with Crippen molar-refractivity contribution in [2.75, 3.05) is 19.6 Å². The van der Waals surface area contributed by atoms with Gasteiger partial charge in [0.15, 0.2) is 0 Å². The molecule has 1 aromatic heterocycles. The van der Waals surface area contributed by atoms with E-state index in [1.807, 2.05) is 6.20 Å². The van der Waals surface area contributed by atoms with Gasteiger partial charge in [-0.25, -0.2) is 4.98 Å². The molecule has 1 aromatic rings. The van der Waals surface area contributed by atoms with Crippen LogP contribution in [0.15, 0.2) is 6.20 Å². The van der Waals surface area contributed by atoms with Gasteiger partial charge in [-0.3, -0.25) is 0 Å². The molecule has 84 valence electrons. The van der Waals surface area contributed by atoms with E-state index in [1.165, 1.54) is 42.2 Å². The van der Waals surface area contributed by atoms with E-state index < -0.39 is 0 Å². The predicted octanol–water partition coefficient (Wildman–Crippen LogP) is 1.63. The van der Waals surface area contributed by atoms with Crippen LogP contribution in [0.4, 0.5) is 0 Å². The van der Waals surface area contributed by atoms with Crippen LogP contribution >= 0.6 is 11.3 Å². The van der Waals surface area contributed by atoms with Crippen molar-refractivity contribution in [1.82, 2.24) is 9.88 Å². The topological polar surface area (TPSA) is 42.1 Å². The van der Waals surface area contributed by atoms with Gasteiger partial charge in [0.05, 0.1) is 5.01 Å². The molecular formula is C11H19N3S. The molecule has 0 amide bonds. The van der Waals surface area contributed by atoms with Gasteiger partial charge in [0, 0.05) is 30.6 Å². The fourth-order valence-electron chi connectivity index (χ4n) is 1.99. The maximum absolute atomic E-state index is 5.56. The molecule has 1 saturated heterocycles. The first kappa shape index (κ1) is 11.0. The molecule has 0 atom stereocenters. The van der Waals surface area contributed by atoms with E-state index in [0.29, 0.717) is 6.54 Å². The Kier molecular flexibility index (Phi) is 4.11. The monoisotopic (exact) mass is 225 g/mol. The molecule has 0 radical (unpaired) electrons. The zero-order chi connectivity index (χ0) is 10.5. The van der Waals surface area contributed by atoms with Crippen LogP contribution in [0.2, 0.25) is 0 Å². The molecule has 1 aliphatic heterocycles. The van der Waals surface area contributed by atoms with Gasteiger partial charge in [-0.1, -0.05) is 6.42 Å². The lowest BCUT2D eigenvalue weighted by molar-refractivity contribution is 0.231. The first-order valence-corrected chi connectivity index (χ1v) is 6.56. The Hall–Kier alpha value is -0.450. The summed E-state index contributed by atoms with van der Waals surface area (Å²) in [6.45, 7) is 4.34. The van der Waals surface area contributed by atoms with Gasteiger partial charge in [-0.05, 0) is 25.9 Å². The highest BCUT2D eigenvalue weighted by Gasteiger charge is 2.10. The molecule has 0 bridgehead atoms. The Morgan fingerprint density at radius 1 is 1.33 bits per heavy atom. The Morgan fingerprint density at radius 2 is 2.13 bits per heavy atom. The number of rotatable bonds is 4. The average molecular weight is 225 g/mol. The summed E-state index contributed by atoms with van der Waals surface area (Å²) in [6.07, 6.45) is 7.14. The van der Waals surface area contributed by atoms with Crippen molar-refractivity contribution in [3.8, 4) is 0 Å². The zero-order valence-electron chi connectivity index (χ0n) is 9.11. The van der Waals surface area contributed by atoms with Crippen molar-refractivity contribution >= 4 is 11.3 Å². The molecule has 2 N–H and O–H groups in total. The second kappa shape index (κ2) is 5.58. The number of likely N-dealkylation sites (tertiary alicyclic amines) is 1. The maximum Gasteiger partial charge on any atom is 0.0940 e. The highest BCUT2D eigenvalue weighted by atomic mass is 32.1. The standard InChI is InChI=1S/C11H19N3S/c12-8-10-9-13-11(15-10)4-7-14-5-2-1-3-6-14/h9H,1-8,12H2. The third-order valence-electron chi connectivity index (χ3n) is 2.89. The Balaban J connectivity index is 1.76. The van der Waals surface area contributed by atoms with Gasteiger partial charge in [0.2, 0.25) is 0 Å². The quantitative estimate of drug-likeness (QED) is 0.847. The van der Waals surface area contributed by atoms with Crippen LogP contribution in [-0.2, 0) is 13.0 Å². The number of piperidine rings is 1. The minimum absolute atomic E-state index is 0.626. The molecule has 0 aromatic carbocycles. The first-order valence-electron chi connectivity index (χ1n) is 5.74. The van der Waals surface area contributed by atoms with Crippen LogP contribution in [0.5, 0.6) is 0 Å². The maximum atomic E-state index is 5.56. The van der Waals surface area contributed by atoms with E-state index >= 15 is 0 Å². The molecule has 15 heavy (non-hydrogen) atoms. The molecule has 2 rings (SSSR count). The number of hydrogen-bond acceptors (Lipinski definition) is 4. The number of nitrogens with zero attached hydrogens (tertiary/aromatic N) is 2. The summed E-state index contributed by atoms with van der Waals surface area (Å²) < 4.78 is 0. The van der Waals surface area contributed by atoms with Crippen LogP contribution in [-0.4, -0.2) is 29.5 Å². The normalized spacial score (nSPS) is 18.2. The van der Waals surface area contributed by atoms with E-state index in [9.17, 15) is 0 Å². The van der Waals surface area contributed by atoms with Crippen LogP contribution < -0.4 is 5.73 Å². The van der Waals surface area contributed by atoms with Crippen molar-refractivity contribution in [2.24, 2.45) is 5.73 Å². The van der Waals surface area contributed by atoms with E-state index in [0.717, 1.165) is 13.0 Å². The number of thiazole rings is 1. The first-order chi connectivity index (χ1) is 7.38. The van der Waals surface area contributed by atoms with Crippen LogP contribution in [0.3, 0.4) is 0 Å². The van der Waals surface area contributed by atoms with E-state index in [2.05, 4.69) is 9.88 Å². The summed E-state index contributed by atoms with van der Waals surface area (Å²) in [5, 5.41) is 1.24. The Bertz CT molecular complexity index is 292. The summed E-state index contributed by atoms with van der Waals surface area (Å²) >= 11 is 1.76. The fraction of sp³-hybridized carbons (Fsp3) is 0.727. The largest absolute Gasteiger partial charge is 0.326 e.